The number of aromatic nitrogens is 2. The molecule has 2 aromatic heterocycles. The third-order valence-corrected chi connectivity index (χ3v) is 8.23. The smallest absolute Gasteiger partial charge is 0.338 e. The van der Waals surface area contributed by atoms with Gasteiger partial charge in [0, 0.05) is 23.7 Å². The summed E-state index contributed by atoms with van der Waals surface area (Å²) < 4.78 is 34.7. The van der Waals surface area contributed by atoms with Gasteiger partial charge in [-0.15, -0.1) is 11.3 Å². The number of carbonyl (C=O) groups is 1. The molecule has 0 fully saturated rings. The van der Waals surface area contributed by atoms with Gasteiger partial charge in [-0.1, -0.05) is 24.3 Å². The van der Waals surface area contributed by atoms with Crippen LogP contribution in [0.4, 0.5) is 5.69 Å². The van der Waals surface area contributed by atoms with Gasteiger partial charge < -0.3 is 4.74 Å². The summed E-state index contributed by atoms with van der Waals surface area (Å²) in [4.78, 5) is 29.8. The molecule has 168 valence electrons. The lowest BCUT2D eigenvalue weighted by atomic mass is 10.2. The van der Waals surface area contributed by atoms with Crippen LogP contribution in [-0.4, -0.2) is 30.3 Å². The quantitative estimate of drug-likeness (QED) is 0.406. The van der Waals surface area contributed by atoms with Crippen LogP contribution in [-0.2, 0) is 27.8 Å². The Morgan fingerprint density at radius 1 is 1.15 bits per heavy atom. The maximum atomic E-state index is 13.2. The zero-order chi connectivity index (χ0) is 23.2. The van der Waals surface area contributed by atoms with Crippen molar-refractivity contribution in [2.45, 2.75) is 24.8 Å². The van der Waals surface area contributed by atoms with Crippen molar-refractivity contribution in [3.05, 3.63) is 92.8 Å². The molecule has 0 amide bonds. The lowest BCUT2D eigenvalue weighted by molar-refractivity contribution is 0.0467. The number of para-hydroxylation sites is 1. The minimum absolute atomic E-state index is 0.0144. The fourth-order valence-electron chi connectivity index (χ4n) is 3.87. The molecule has 33 heavy (non-hydrogen) atoms. The van der Waals surface area contributed by atoms with E-state index in [1.54, 1.807) is 12.1 Å². The predicted octanol–water partition coefficient (Wildman–Crippen LogP) is 3.17. The van der Waals surface area contributed by atoms with Crippen LogP contribution in [0.3, 0.4) is 0 Å². The Kier molecular flexibility index (Phi) is 5.26. The molecule has 0 saturated heterocycles. The molecule has 0 N–H and O–H groups in total. The zero-order valence-electron chi connectivity index (χ0n) is 17.6. The molecule has 0 aliphatic carbocycles. The Morgan fingerprint density at radius 2 is 1.97 bits per heavy atom. The van der Waals surface area contributed by atoms with Crippen LogP contribution in [0, 0.1) is 6.92 Å². The largest absolute Gasteiger partial charge is 0.456 e. The molecule has 5 rings (SSSR count). The highest BCUT2D eigenvalue weighted by Crippen LogP contribution is 2.32. The Hall–Kier alpha value is -3.50. The van der Waals surface area contributed by atoms with Gasteiger partial charge in [0.15, 0.2) is 4.96 Å². The molecule has 0 atom stereocenters. The fraction of sp³-hybridized carbons (Fsp3) is 0.174. The van der Waals surface area contributed by atoms with Crippen LogP contribution in [0.15, 0.2) is 69.7 Å². The van der Waals surface area contributed by atoms with E-state index in [1.165, 1.54) is 50.4 Å². The maximum Gasteiger partial charge on any atom is 0.338 e. The van der Waals surface area contributed by atoms with E-state index in [0.29, 0.717) is 29.3 Å². The van der Waals surface area contributed by atoms with E-state index in [4.69, 9.17) is 4.74 Å². The van der Waals surface area contributed by atoms with Crippen molar-refractivity contribution < 1.29 is 17.9 Å². The Balaban J connectivity index is 1.36. The first kappa shape index (κ1) is 21.4. The van der Waals surface area contributed by atoms with Crippen molar-refractivity contribution in [2.24, 2.45) is 0 Å². The van der Waals surface area contributed by atoms with Gasteiger partial charge in [-0.2, -0.15) is 0 Å². The fourth-order valence-corrected chi connectivity index (χ4v) is 6.31. The molecular formula is C23H19N3O5S2. The number of rotatable bonds is 5. The molecule has 4 aromatic rings. The average Bonchev–Trinajstić information content (AvgIpc) is 3.42. The second-order valence-corrected chi connectivity index (χ2v) is 10.3. The molecule has 1 aliphatic rings. The van der Waals surface area contributed by atoms with Crippen LogP contribution >= 0.6 is 11.3 Å². The Morgan fingerprint density at radius 3 is 2.82 bits per heavy atom. The van der Waals surface area contributed by atoms with Crippen molar-refractivity contribution in [1.29, 1.82) is 0 Å². The van der Waals surface area contributed by atoms with Crippen molar-refractivity contribution >= 4 is 38.0 Å². The number of carbonyl (C=O) groups excluding carboxylic acids is 1. The number of ether oxygens (including phenoxy) is 1. The van der Waals surface area contributed by atoms with E-state index < -0.39 is 16.0 Å². The van der Waals surface area contributed by atoms with Crippen LogP contribution in [0.2, 0.25) is 0 Å². The average molecular weight is 482 g/mol. The molecule has 0 radical (unpaired) electrons. The number of esters is 1. The number of anilines is 1. The normalized spacial score (nSPS) is 13.3. The van der Waals surface area contributed by atoms with E-state index in [-0.39, 0.29) is 22.6 Å². The van der Waals surface area contributed by atoms with Gasteiger partial charge in [0.1, 0.15) is 6.61 Å². The van der Waals surface area contributed by atoms with E-state index in [0.717, 1.165) is 11.3 Å². The third kappa shape index (κ3) is 3.81. The number of benzene rings is 2. The SMILES string of the molecule is Cc1csc2nc(COC(=O)c3cccc(S(=O)(=O)N4CCc5ccccc54)c3)cc(=O)n12. The molecule has 8 nitrogen and oxygen atoms in total. The van der Waals surface area contributed by atoms with Crippen molar-refractivity contribution in [1.82, 2.24) is 9.38 Å². The minimum atomic E-state index is -3.83. The van der Waals surface area contributed by atoms with Gasteiger partial charge in [-0.25, -0.2) is 18.2 Å². The molecule has 0 bridgehead atoms. The Bertz CT molecular complexity index is 1560. The highest BCUT2D eigenvalue weighted by molar-refractivity contribution is 7.92. The van der Waals surface area contributed by atoms with Crippen LogP contribution in [0.25, 0.3) is 4.96 Å². The highest BCUT2D eigenvalue weighted by Gasteiger charge is 2.31. The number of thiazole rings is 1. The van der Waals surface area contributed by atoms with E-state index in [9.17, 15) is 18.0 Å². The lowest BCUT2D eigenvalue weighted by Crippen LogP contribution is -2.29. The molecule has 1 aliphatic heterocycles. The van der Waals surface area contributed by atoms with Crippen LogP contribution in [0.5, 0.6) is 0 Å². The summed E-state index contributed by atoms with van der Waals surface area (Å²) in [5, 5.41) is 1.82. The van der Waals surface area contributed by atoms with Gasteiger partial charge in [0.25, 0.3) is 15.6 Å². The summed E-state index contributed by atoms with van der Waals surface area (Å²) in [5.74, 6) is -0.696. The van der Waals surface area contributed by atoms with Crippen LogP contribution in [0.1, 0.15) is 27.3 Å². The summed E-state index contributed by atoms with van der Waals surface area (Å²) in [6.07, 6.45) is 0.637. The number of hydrogen-bond acceptors (Lipinski definition) is 7. The summed E-state index contributed by atoms with van der Waals surface area (Å²) in [6.45, 7) is 1.97. The molecule has 2 aromatic carbocycles. The molecule has 10 heteroatoms. The molecule has 0 unspecified atom stereocenters. The standard InChI is InChI=1S/C23H19N3O5S2/c1-15-14-32-23-24-18(12-21(27)26(15)23)13-31-22(28)17-6-4-7-19(11-17)33(29,30)25-10-9-16-5-2-3-8-20(16)25/h2-8,11-12,14H,9-10,13H2,1H3. The number of sulfonamides is 1. The summed E-state index contributed by atoms with van der Waals surface area (Å²) in [6, 6.07) is 14.5. The topological polar surface area (TPSA) is 98.0 Å². The van der Waals surface area contributed by atoms with E-state index in [2.05, 4.69) is 4.98 Å². The number of nitrogens with zero attached hydrogens (tertiary/aromatic N) is 3. The minimum Gasteiger partial charge on any atom is -0.456 e. The van der Waals surface area contributed by atoms with E-state index >= 15 is 0 Å². The first-order chi connectivity index (χ1) is 15.8. The second kappa shape index (κ2) is 8.13. The summed E-state index contributed by atoms with van der Waals surface area (Å²) >= 11 is 1.32. The van der Waals surface area contributed by atoms with Gasteiger partial charge in [-0.3, -0.25) is 13.5 Å². The second-order valence-electron chi connectivity index (χ2n) is 7.64. The van der Waals surface area contributed by atoms with Gasteiger partial charge >= 0.3 is 5.97 Å². The summed E-state index contributed by atoms with van der Waals surface area (Å²) in [7, 11) is -3.83. The first-order valence-electron chi connectivity index (χ1n) is 10.2. The Labute approximate surface area is 193 Å². The van der Waals surface area contributed by atoms with Crippen molar-refractivity contribution in [3.8, 4) is 0 Å². The molecule has 0 spiro atoms. The van der Waals surface area contributed by atoms with Gasteiger partial charge in [0.05, 0.1) is 21.8 Å². The number of fused-ring (bicyclic) bond motifs is 2. The molecule has 3 heterocycles. The highest BCUT2D eigenvalue weighted by atomic mass is 32.2. The van der Waals surface area contributed by atoms with Crippen molar-refractivity contribution in [3.63, 3.8) is 0 Å². The number of hydrogen-bond donors (Lipinski definition) is 0. The lowest BCUT2D eigenvalue weighted by Gasteiger charge is -2.19. The predicted molar refractivity (Wildman–Crippen MR) is 124 cm³/mol. The first-order valence-corrected chi connectivity index (χ1v) is 12.5. The summed E-state index contributed by atoms with van der Waals surface area (Å²) in [5.41, 5.74) is 2.60. The molecular weight excluding hydrogens is 462 g/mol. The maximum absolute atomic E-state index is 13.2. The van der Waals surface area contributed by atoms with Crippen molar-refractivity contribution in [2.75, 3.05) is 10.8 Å². The number of aryl methyl sites for hydroxylation is 1. The van der Waals surface area contributed by atoms with Crippen LogP contribution < -0.4 is 9.86 Å². The third-order valence-electron chi connectivity index (χ3n) is 5.48. The zero-order valence-corrected chi connectivity index (χ0v) is 19.2. The van der Waals surface area contributed by atoms with Gasteiger partial charge in [-0.05, 0) is 43.2 Å². The molecule has 0 saturated carbocycles. The monoisotopic (exact) mass is 481 g/mol. The van der Waals surface area contributed by atoms with Gasteiger partial charge in [0.2, 0.25) is 0 Å². The van der Waals surface area contributed by atoms with E-state index in [1.807, 2.05) is 24.4 Å².